The SMILES string of the molecule is CC(C)CCC1(C)CN=C(N)N1c1ccccc1Cl. The minimum Gasteiger partial charge on any atom is -0.369 e. The fourth-order valence-corrected chi connectivity index (χ4v) is 2.73. The normalized spacial score (nSPS) is 23.0. The summed E-state index contributed by atoms with van der Waals surface area (Å²) in [4.78, 5) is 6.52. The molecule has 2 N–H and O–H groups in total. The first-order valence-electron chi connectivity index (χ1n) is 6.79. The van der Waals surface area contributed by atoms with Crippen LogP contribution in [0.4, 0.5) is 5.69 Å². The number of para-hydroxylation sites is 1. The Bertz CT molecular complexity index is 484. The van der Waals surface area contributed by atoms with Crippen molar-refractivity contribution in [2.24, 2.45) is 16.6 Å². The van der Waals surface area contributed by atoms with Crippen molar-refractivity contribution in [1.82, 2.24) is 0 Å². The van der Waals surface area contributed by atoms with Crippen LogP contribution in [0.1, 0.15) is 33.6 Å². The van der Waals surface area contributed by atoms with Gasteiger partial charge in [0.25, 0.3) is 0 Å². The highest BCUT2D eigenvalue weighted by molar-refractivity contribution is 6.34. The van der Waals surface area contributed by atoms with Gasteiger partial charge in [0.15, 0.2) is 5.96 Å². The van der Waals surface area contributed by atoms with E-state index in [2.05, 4.69) is 30.7 Å². The number of hydrogen-bond donors (Lipinski definition) is 1. The van der Waals surface area contributed by atoms with Gasteiger partial charge in [0.2, 0.25) is 0 Å². The van der Waals surface area contributed by atoms with Crippen LogP contribution in [-0.2, 0) is 0 Å². The van der Waals surface area contributed by atoms with Gasteiger partial charge in [-0.15, -0.1) is 0 Å². The number of guanidine groups is 1. The molecule has 0 radical (unpaired) electrons. The fourth-order valence-electron chi connectivity index (χ4n) is 2.51. The zero-order chi connectivity index (χ0) is 14.0. The van der Waals surface area contributed by atoms with E-state index < -0.39 is 0 Å². The summed E-state index contributed by atoms with van der Waals surface area (Å²) in [5.41, 5.74) is 6.96. The summed E-state index contributed by atoms with van der Waals surface area (Å²) < 4.78 is 0. The van der Waals surface area contributed by atoms with Crippen LogP contribution in [0, 0.1) is 5.92 Å². The molecule has 1 aromatic rings. The zero-order valence-electron chi connectivity index (χ0n) is 11.9. The van der Waals surface area contributed by atoms with Crippen LogP contribution in [0.5, 0.6) is 0 Å². The van der Waals surface area contributed by atoms with Crippen molar-refractivity contribution in [2.75, 3.05) is 11.4 Å². The molecule has 104 valence electrons. The van der Waals surface area contributed by atoms with Crippen LogP contribution in [0.3, 0.4) is 0 Å². The summed E-state index contributed by atoms with van der Waals surface area (Å²) in [5.74, 6) is 1.24. The smallest absolute Gasteiger partial charge is 0.196 e. The number of nitrogens with two attached hydrogens (primary N) is 1. The van der Waals surface area contributed by atoms with Gasteiger partial charge < -0.3 is 10.6 Å². The van der Waals surface area contributed by atoms with Gasteiger partial charge in [-0.2, -0.15) is 0 Å². The molecular formula is C15H22ClN3. The van der Waals surface area contributed by atoms with E-state index in [1.807, 2.05) is 24.3 Å². The molecule has 1 atom stereocenters. The molecule has 1 aliphatic rings. The molecule has 1 unspecified atom stereocenters. The highest BCUT2D eigenvalue weighted by Gasteiger charge is 2.39. The summed E-state index contributed by atoms with van der Waals surface area (Å²) in [6.45, 7) is 7.42. The van der Waals surface area contributed by atoms with Crippen molar-refractivity contribution >= 4 is 23.2 Å². The second-order valence-electron chi connectivity index (χ2n) is 5.89. The Morgan fingerprint density at radius 1 is 1.42 bits per heavy atom. The number of rotatable bonds is 4. The molecule has 2 rings (SSSR count). The molecule has 19 heavy (non-hydrogen) atoms. The maximum absolute atomic E-state index is 6.31. The lowest BCUT2D eigenvalue weighted by atomic mass is 9.90. The molecule has 0 amide bonds. The quantitative estimate of drug-likeness (QED) is 0.914. The highest BCUT2D eigenvalue weighted by atomic mass is 35.5. The summed E-state index contributed by atoms with van der Waals surface area (Å²) in [6, 6.07) is 7.81. The number of nitrogens with zero attached hydrogens (tertiary/aromatic N) is 2. The molecule has 0 bridgehead atoms. The molecule has 0 aliphatic carbocycles. The molecule has 1 heterocycles. The largest absolute Gasteiger partial charge is 0.369 e. The molecule has 0 aromatic heterocycles. The van der Waals surface area contributed by atoms with Crippen molar-refractivity contribution in [3.63, 3.8) is 0 Å². The van der Waals surface area contributed by atoms with Crippen molar-refractivity contribution in [2.45, 2.75) is 39.2 Å². The second-order valence-corrected chi connectivity index (χ2v) is 6.30. The van der Waals surface area contributed by atoms with Crippen molar-refractivity contribution in [1.29, 1.82) is 0 Å². The maximum atomic E-state index is 6.31. The van der Waals surface area contributed by atoms with E-state index in [-0.39, 0.29) is 5.54 Å². The van der Waals surface area contributed by atoms with Crippen LogP contribution in [0.2, 0.25) is 5.02 Å². The summed E-state index contributed by atoms with van der Waals surface area (Å²) in [6.07, 6.45) is 2.21. The van der Waals surface area contributed by atoms with E-state index >= 15 is 0 Å². The van der Waals surface area contributed by atoms with E-state index in [1.165, 1.54) is 0 Å². The van der Waals surface area contributed by atoms with E-state index in [0.29, 0.717) is 11.9 Å². The number of hydrogen-bond acceptors (Lipinski definition) is 3. The van der Waals surface area contributed by atoms with Gasteiger partial charge >= 0.3 is 0 Å². The third kappa shape index (κ3) is 2.86. The Balaban J connectivity index is 2.29. The molecule has 1 aliphatic heterocycles. The minimum absolute atomic E-state index is 0.0701. The predicted octanol–water partition coefficient (Wildman–Crippen LogP) is 3.67. The van der Waals surface area contributed by atoms with Crippen molar-refractivity contribution < 1.29 is 0 Å². The predicted molar refractivity (Wildman–Crippen MR) is 82.9 cm³/mol. The topological polar surface area (TPSA) is 41.6 Å². The lowest BCUT2D eigenvalue weighted by Gasteiger charge is -2.37. The third-order valence-corrected chi connectivity index (χ3v) is 4.02. The van der Waals surface area contributed by atoms with Crippen LogP contribution in [0.25, 0.3) is 0 Å². The Morgan fingerprint density at radius 2 is 2.11 bits per heavy atom. The Labute approximate surface area is 120 Å². The number of anilines is 1. The van der Waals surface area contributed by atoms with E-state index in [1.54, 1.807) is 0 Å². The van der Waals surface area contributed by atoms with Crippen LogP contribution in [-0.4, -0.2) is 18.0 Å². The Kier molecular flexibility index (Phi) is 4.04. The molecule has 3 nitrogen and oxygen atoms in total. The van der Waals surface area contributed by atoms with E-state index in [4.69, 9.17) is 17.3 Å². The molecule has 4 heteroatoms. The molecule has 0 saturated carbocycles. The average Bonchev–Trinajstić information content (AvgIpc) is 2.65. The van der Waals surface area contributed by atoms with Gasteiger partial charge in [0, 0.05) is 0 Å². The summed E-state index contributed by atoms with van der Waals surface area (Å²) in [5, 5.41) is 0.721. The lowest BCUT2D eigenvalue weighted by Crippen LogP contribution is -2.50. The van der Waals surface area contributed by atoms with Crippen LogP contribution in [0.15, 0.2) is 29.3 Å². The van der Waals surface area contributed by atoms with E-state index in [0.717, 1.165) is 30.1 Å². The van der Waals surface area contributed by atoms with Gasteiger partial charge in [-0.25, -0.2) is 0 Å². The van der Waals surface area contributed by atoms with Crippen molar-refractivity contribution in [3.8, 4) is 0 Å². The maximum Gasteiger partial charge on any atom is 0.196 e. The Hall–Kier alpha value is -1.22. The highest BCUT2D eigenvalue weighted by Crippen LogP contribution is 2.36. The van der Waals surface area contributed by atoms with Crippen LogP contribution < -0.4 is 10.6 Å². The van der Waals surface area contributed by atoms with Gasteiger partial charge in [0.05, 0.1) is 22.8 Å². The van der Waals surface area contributed by atoms with Gasteiger partial charge in [-0.3, -0.25) is 4.99 Å². The summed E-state index contributed by atoms with van der Waals surface area (Å²) in [7, 11) is 0. The molecule has 0 spiro atoms. The number of halogens is 1. The third-order valence-electron chi connectivity index (χ3n) is 3.70. The minimum atomic E-state index is -0.0701. The monoisotopic (exact) mass is 279 g/mol. The molecule has 0 saturated heterocycles. The van der Waals surface area contributed by atoms with Crippen LogP contribution >= 0.6 is 11.6 Å². The van der Waals surface area contributed by atoms with Gasteiger partial charge in [-0.05, 0) is 37.8 Å². The molecule has 1 aromatic carbocycles. The second kappa shape index (κ2) is 5.41. The average molecular weight is 280 g/mol. The first-order chi connectivity index (χ1) is 8.94. The van der Waals surface area contributed by atoms with E-state index in [9.17, 15) is 0 Å². The molecular weight excluding hydrogens is 258 g/mol. The number of aliphatic imine (C=N–C) groups is 1. The number of benzene rings is 1. The summed E-state index contributed by atoms with van der Waals surface area (Å²) >= 11 is 6.31. The van der Waals surface area contributed by atoms with Gasteiger partial charge in [-0.1, -0.05) is 37.6 Å². The van der Waals surface area contributed by atoms with Crippen molar-refractivity contribution in [3.05, 3.63) is 29.3 Å². The first kappa shape index (κ1) is 14.2. The Morgan fingerprint density at radius 3 is 2.74 bits per heavy atom. The van der Waals surface area contributed by atoms with Gasteiger partial charge in [0.1, 0.15) is 0 Å². The zero-order valence-corrected chi connectivity index (χ0v) is 12.6. The first-order valence-corrected chi connectivity index (χ1v) is 7.16. The molecule has 0 fully saturated rings. The lowest BCUT2D eigenvalue weighted by molar-refractivity contribution is 0.407. The fraction of sp³-hybridized carbons (Fsp3) is 0.533. The standard InChI is InChI=1S/C15H22ClN3/c1-11(2)8-9-15(3)10-18-14(17)19(15)13-7-5-4-6-12(13)16/h4-7,11H,8-10H2,1-3H3,(H2,17,18).